The monoisotopic (exact) mass is 519 g/mol. The molecule has 0 radical (unpaired) electrons. The summed E-state index contributed by atoms with van der Waals surface area (Å²) in [7, 11) is 0. The Labute approximate surface area is 203 Å². The van der Waals surface area contributed by atoms with Crippen LogP contribution in [0.4, 0.5) is 26.3 Å². The molecule has 1 atom stereocenters. The summed E-state index contributed by atoms with van der Waals surface area (Å²) >= 11 is 0. The number of phenolic OH excluding ortho intramolecular Hbond substituents is 1. The van der Waals surface area contributed by atoms with Crippen LogP contribution in [0.25, 0.3) is 0 Å². The fourth-order valence-corrected chi connectivity index (χ4v) is 3.63. The molecule has 2 aromatic rings. The molecule has 1 unspecified atom stereocenters. The van der Waals surface area contributed by atoms with Crippen molar-refractivity contribution in [3.8, 4) is 11.5 Å². The summed E-state index contributed by atoms with van der Waals surface area (Å²) in [5.74, 6) is 9.93. The van der Waals surface area contributed by atoms with Crippen LogP contribution < -0.4 is 21.8 Å². The normalized spacial score (nSPS) is 13.4. The number of ether oxygens (including phenoxy) is 1. The number of hydrogen-bond acceptors (Lipinski definition) is 6. The van der Waals surface area contributed by atoms with E-state index in [2.05, 4.69) is 10.5 Å². The van der Waals surface area contributed by atoms with Crippen molar-refractivity contribution in [2.24, 2.45) is 16.8 Å². The van der Waals surface area contributed by atoms with Crippen LogP contribution in [0.1, 0.15) is 60.6 Å². The number of aryl methyl sites for hydroxylation is 1. The Morgan fingerprint density at radius 2 is 1.67 bits per heavy atom. The summed E-state index contributed by atoms with van der Waals surface area (Å²) in [6.07, 6.45) is -9.70. The predicted molar refractivity (Wildman–Crippen MR) is 123 cm³/mol. The molecule has 0 heterocycles. The van der Waals surface area contributed by atoms with Crippen LogP contribution in [0.2, 0.25) is 0 Å². The van der Waals surface area contributed by atoms with Gasteiger partial charge >= 0.3 is 12.4 Å². The Hall–Kier alpha value is -3.48. The second-order valence-electron chi connectivity index (χ2n) is 7.89. The fraction of sp³-hybridized carbons (Fsp3) is 0.391. The van der Waals surface area contributed by atoms with Crippen molar-refractivity contribution >= 4 is 11.5 Å². The first-order valence-corrected chi connectivity index (χ1v) is 10.9. The fourth-order valence-electron chi connectivity index (χ4n) is 3.63. The first kappa shape index (κ1) is 28.8. The van der Waals surface area contributed by atoms with Crippen LogP contribution in [-0.4, -0.2) is 22.8 Å². The highest BCUT2D eigenvalue weighted by Crippen LogP contribution is 2.41. The molecule has 36 heavy (non-hydrogen) atoms. The second-order valence-corrected chi connectivity index (χ2v) is 7.89. The Kier molecular flexibility index (Phi) is 9.19. The summed E-state index contributed by atoms with van der Waals surface area (Å²) < 4.78 is 85.1. The number of hydrazone groups is 1. The van der Waals surface area contributed by atoms with Gasteiger partial charge in [0.25, 0.3) is 0 Å². The average molecular weight is 519 g/mol. The molecule has 0 fully saturated rings. The molecule has 198 valence electrons. The van der Waals surface area contributed by atoms with E-state index in [9.17, 15) is 31.4 Å². The maximum atomic E-state index is 13.3. The van der Waals surface area contributed by atoms with Gasteiger partial charge in [-0.2, -0.15) is 31.4 Å². The van der Waals surface area contributed by atoms with E-state index in [1.54, 1.807) is 13.8 Å². The second kappa shape index (κ2) is 11.5. The van der Waals surface area contributed by atoms with Crippen LogP contribution in [0, 0.1) is 5.41 Å². The summed E-state index contributed by atoms with van der Waals surface area (Å²) in [5, 5.41) is 21.8. The van der Waals surface area contributed by atoms with Gasteiger partial charge in [-0.25, -0.2) is 5.84 Å². The van der Waals surface area contributed by atoms with Gasteiger partial charge in [-0.3, -0.25) is 5.41 Å². The van der Waals surface area contributed by atoms with Gasteiger partial charge in [0.15, 0.2) is 11.9 Å². The lowest BCUT2D eigenvalue weighted by atomic mass is 9.94. The predicted octanol–water partition coefficient (Wildman–Crippen LogP) is 5.10. The number of rotatable bonds is 9. The third-order valence-electron chi connectivity index (χ3n) is 5.31. The van der Waals surface area contributed by atoms with Crippen LogP contribution in [0.15, 0.2) is 35.4 Å². The molecule has 0 amide bonds. The quantitative estimate of drug-likeness (QED) is 0.103. The van der Waals surface area contributed by atoms with Crippen molar-refractivity contribution in [3.05, 3.63) is 58.1 Å². The van der Waals surface area contributed by atoms with Crippen LogP contribution in [0.3, 0.4) is 0 Å². The topological polar surface area (TPSA) is 130 Å². The van der Waals surface area contributed by atoms with E-state index >= 15 is 0 Å². The van der Waals surface area contributed by atoms with Crippen molar-refractivity contribution < 1.29 is 36.2 Å². The van der Waals surface area contributed by atoms with Gasteiger partial charge in [-0.15, -0.1) is 0 Å². The summed E-state index contributed by atoms with van der Waals surface area (Å²) in [6, 6.07) is 4.93. The Bertz CT molecular complexity index is 1100. The number of amidine groups is 1. The molecule has 7 N–H and O–H groups in total. The third-order valence-corrected chi connectivity index (χ3v) is 5.31. The maximum Gasteiger partial charge on any atom is 0.433 e. The summed E-state index contributed by atoms with van der Waals surface area (Å²) in [5.41, 5.74) is -0.687. The number of nitrogens with two attached hydrogens (primary N) is 2. The molecule has 0 aliphatic rings. The Morgan fingerprint density at radius 1 is 1.08 bits per heavy atom. The lowest BCUT2D eigenvalue weighted by Gasteiger charge is -2.26. The number of hydrazine groups is 1. The zero-order valence-corrected chi connectivity index (χ0v) is 19.5. The van der Waals surface area contributed by atoms with Gasteiger partial charge < -0.3 is 21.1 Å². The van der Waals surface area contributed by atoms with E-state index in [1.807, 2.05) is 0 Å². The molecule has 0 saturated carbocycles. The number of nitrogens with zero attached hydrogens (tertiary/aromatic N) is 1. The van der Waals surface area contributed by atoms with Crippen LogP contribution >= 0.6 is 0 Å². The molecule has 7 nitrogen and oxygen atoms in total. The number of hydrogen-bond donors (Lipinski definition) is 5. The molecular weight excluding hydrogens is 492 g/mol. The molecule has 13 heteroatoms. The lowest BCUT2D eigenvalue weighted by Crippen LogP contribution is -2.38. The SMILES string of the molecule is CCCc1cc(C(=N)C(F)(F)F)c(O)c(CCC)c1OC(/C(=N/N)NN)c1ccc(C(F)(F)F)cc1. The average Bonchev–Trinajstić information content (AvgIpc) is 2.81. The summed E-state index contributed by atoms with van der Waals surface area (Å²) in [6.45, 7) is 3.50. The summed E-state index contributed by atoms with van der Waals surface area (Å²) in [4.78, 5) is 0. The third kappa shape index (κ3) is 6.39. The van der Waals surface area contributed by atoms with Gasteiger partial charge in [0.05, 0.1) is 5.56 Å². The molecule has 0 aliphatic carbocycles. The highest BCUT2D eigenvalue weighted by molar-refractivity contribution is 6.05. The smallest absolute Gasteiger partial charge is 0.433 e. The molecule has 0 saturated heterocycles. The van der Waals surface area contributed by atoms with Gasteiger partial charge in [-0.1, -0.05) is 38.8 Å². The largest absolute Gasteiger partial charge is 0.507 e. The van der Waals surface area contributed by atoms with Crippen molar-refractivity contribution in [2.45, 2.75) is 58.0 Å². The highest BCUT2D eigenvalue weighted by Gasteiger charge is 2.38. The van der Waals surface area contributed by atoms with E-state index in [1.165, 1.54) is 0 Å². The number of aromatic hydroxyl groups is 1. The van der Waals surface area contributed by atoms with Gasteiger partial charge in [0.2, 0.25) is 0 Å². The number of phenols is 1. The van der Waals surface area contributed by atoms with Crippen molar-refractivity contribution in [1.82, 2.24) is 5.43 Å². The number of halogens is 6. The van der Waals surface area contributed by atoms with Gasteiger partial charge in [0, 0.05) is 16.7 Å². The van der Waals surface area contributed by atoms with E-state index in [0.717, 1.165) is 30.3 Å². The number of alkyl halides is 6. The number of nitrogens with one attached hydrogen (secondary N) is 2. The minimum atomic E-state index is -5.00. The highest BCUT2D eigenvalue weighted by atomic mass is 19.4. The van der Waals surface area contributed by atoms with Crippen molar-refractivity contribution in [1.29, 1.82) is 5.41 Å². The van der Waals surface area contributed by atoms with Crippen molar-refractivity contribution in [2.75, 3.05) is 0 Å². The molecule has 2 aromatic carbocycles. The zero-order chi connectivity index (χ0) is 27.3. The Balaban J connectivity index is 2.74. The van der Waals surface area contributed by atoms with Crippen LogP contribution in [-0.2, 0) is 19.0 Å². The van der Waals surface area contributed by atoms with Gasteiger partial charge in [0.1, 0.15) is 17.2 Å². The van der Waals surface area contributed by atoms with E-state index < -0.39 is 41.0 Å². The van der Waals surface area contributed by atoms with E-state index in [0.29, 0.717) is 12.8 Å². The zero-order valence-electron chi connectivity index (χ0n) is 19.5. The maximum absolute atomic E-state index is 13.3. The van der Waals surface area contributed by atoms with Gasteiger partial charge in [-0.05, 0) is 36.6 Å². The minimum absolute atomic E-state index is 0.0104. The molecule has 2 rings (SSSR count). The molecule has 0 aliphatic heterocycles. The molecular formula is C23H27F6N5O2. The van der Waals surface area contributed by atoms with E-state index in [4.69, 9.17) is 21.8 Å². The minimum Gasteiger partial charge on any atom is -0.507 e. The molecule has 0 spiro atoms. The molecule has 0 bridgehead atoms. The van der Waals surface area contributed by atoms with Crippen molar-refractivity contribution in [3.63, 3.8) is 0 Å². The molecule has 0 aromatic heterocycles. The number of benzene rings is 2. The standard InChI is InChI=1S/C23H27F6N5O2/c1-3-5-13-11-16(20(30)23(27,28)29)17(35)15(6-4-2)18(13)36-19(21(33-31)34-32)12-7-9-14(10-8-12)22(24,25)26/h7-11,19,30,35H,3-6,31-32H2,1-2H3,(H,33,34). The lowest BCUT2D eigenvalue weighted by molar-refractivity contribution is -0.137. The van der Waals surface area contributed by atoms with E-state index in [-0.39, 0.29) is 41.1 Å². The van der Waals surface area contributed by atoms with Crippen LogP contribution in [0.5, 0.6) is 11.5 Å². The first-order valence-electron chi connectivity index (χ1n) is 10.9. The first-order chi connectivity index (χ1) is 16.8. The Morgan fingerprint density at radius 3 is 2.11 bits per heavy atom.